The first-order valence-corrected chi connectivity index (χ1v) is 8.94. The van der Waals surface area contributed by atoms with Crippen molar-refractivity contribution in [3.8, 4) is 11.5 Å². The van der Waals surface area contributed by atoms with E-state index in [1.165, 1.54) is 20.9 Å². The Hall–Kier alpha value is -2.39. The highest BCUT2D eigenvalue weighted by Gasteiger charge is 2.35. The minimum absolute atomic E-state index is 0.0727. The number of anilines is 2. The van der Waals surface area contributed by atoms with E-state index < -0.39 is 0 Å². The average Bonchev–Trinajstić information content (AvgIpc) is 2.59. The van der Waals surface area contributed by atoms with Gasteiger partial charge in [-0.15, -0.1) is 0 Å². The summed E-state index contributed by atoms with van der Waals surface area (Å²) in [5.74, 6) is 1.91. The van der Waals surface area contributed by atoms with Gasteiger partial charge in [0.25, 0.3) is 0 Å². The Balaban J connectivity index is 1.67. The van der Waals surface area contributed by atoms with Crippen LogP contribution in [-0.2, 0) is 5.41 Å². The van der Waals surface area contributed by atoms with Crippen molar-refractivity contribution in [1.29, 1.82) is 0 Å². The van der Waals surface area contributed by atoms with Gasteiger partial charge in [0.05, 0.1) is 11.4 Å². The van der Waals surface area contributed by atoms with E-state index in [9.17, 15) is 0 Å². The number of ether oxygens (including phenoxy) is 1. The van der Waals surface area contributed by atoms with Crippen LogP contribution >= 0.6 is 11.8 Å². The maximum Gasteiger partial charge on any atom is 0.133 e. The van der Waals surface area contributed by atoms with E-state index in [-0.39, 0.29) is 5.41 Å². The normalized spacial score (nSPS) is 15.9. The summed E-state index contributed by atoms with van der Waals surface area (Å²) in [6, 6.07) is 21.2. The third kappa shape index (κ3) is 1.91. The standard InChI is InChI=1S/C21H17NOS/c1-21(2)13-7-3-5-9-17(13)23-18-12-16-20(11-14(18)21)24-19-10-6-4-8-15(19)22-16/h3-12,22H,1-2H3. The van der Waals surface area contributed by atoms with Gasteiger partial charge in [0.15, 0.2) is 0 Å². The molecule has 0 spiro atoms. The monoisotopic (exact) mass is 331 g/mol. The minimum Gasteiger partial charge on any atom is -0.457 e. The van der Waals surface area contributed by atoms with E-state index in [1.54, 1.807) is 0 Å². The van der Waals surface area contributed by atoms with E-state index in [2.05, 4.69) is 73.8 Å². The zero-order valence-electron chi connectivity index (χ0n) is 13.6. The molecule has 118 valence electrons. The summed E-state index contributed by atoms with van der Waals surface area (Å²) >= 11 is 1.82. The van der Waals surface area contributed by atoms with Gasteiger partial charge in [0.2, 0.25) is 0 Å². The molecular weight excluding hydrogens is 314 g/mol. The molecule has 5 rings (SSSR count). The van der Waals surface area contributed by atoms with Crippen molar-refractivity contribution in [3.05, 3.63) is 71.8 Å². The predicted octanol–water partition coefficient (Wildman–Crippen LogP) is 6.33. The number of rotatable bonds is 0. The summed E-state index contributed by atoms with van der Waals surface area (Å²) in [5, 5.41) is 3.54. The second-order valence-corrected chi connectivity index (χ2v) is 7.87. The highest BCUT2D eigenvalue weighted by Crippen LogP contribution is 2.53. The Kier molecular flexibility index (Phi) is 2.80. The highest BCUT2D eigenvalue weighted by molar-refractivity contribution is 7.99. The summed E-state index contributed by atoms with van der Waals surface area (Å²) in [6.07, 6.45) is 0. The van der Waals surface area contributed by atoms with Gasteiger partial charge in [-0.1, -0.05) is 55.9 Å². The summed E-state index contributed by atoms with van der Waals surface area (Å²) < 4.78 is 6.22. The molecule has 2 aliphatic rings. The lowest BCUT2D eigenvalue weighted by Crippen LogP contribution is -2.24. The SMILES string of the molecule is CC1(C)c2ccccc2Oc2cc3c(cc21)Sc1ccccc1N3. The molecule has 0 saturated heterocycles. The van der Waals surface area contributed by atoms with Crippen LogP contribution in [0.15, 0.2) is 70.5 Å². The number of para-hydroxylation sites is 2. The lowest BCUT2D eigenvalue weighted by Gasteiger charge is -2.35. The fourth-order valence-electron chi connectivity index (χ4n) is 3.57. The molecule has 2 heterocycles. The topological polar surface area (TPSA) is 21.3 Å². The zero-order valence-corrected chi connectivity index (χ0v) is 14.4. The van der Waals surface area contributed by atoms with Crippen molar-refractivity contribution < 1.29 is 4.74 Å². The van der Waals surface area contributed by atoms with Crippen LogP contribution in [0.5, 0.6) is 11.5 Å². The number of benzene rings is 3. The molecule has 0 atom stereocenters. The lowest BCUT2D eigenvalue weighted by molar-refractivity contribution is 0.417. The summed E-state index contributed by atoms with van der Waals surface area (Å²) in [5.41, 5.74) is 4.69. The Bertz CT molecular complexity index is 977. The molecule has 24 heavy (non-hydrogen) atoms. The Morgan fingerprint density at radius 2 is 1.58 bits per heavy atom. The average molecular weight is 331 g/mol. The first-order valence-electron chi connectivity index (χ1n) is 8.13. The first-order chi connectivity index (χ1) is 11.6. The summed E-state index contributed by atoms with van der Waals surface area (Å²) in [7, 11) is 0. The van der Waals surface area contributed by atoms with Gasteiger partial charge in [-0.25, -0.2) is 0 Å². The van der Waals surface area contributed by atoms with Crippen LogP contribution in [0.3, 0.4) is 0 Å². The summed E-state index contributed by atoms with van der Waals surface area (Å²) in [4.78, 5) is 2.52. The molecule has 0 fully saturated rings. The number of hydrogen-bond acceptors (Lipinski definition) is 3. The molecule has 3 aromatic carbocycles. The molecule has 0 aliphatic carbocycles. The van der Waals surface area contributed by atoms with E-state index >= 15 is 0 Å². The van der Waals surface area contributed by atoms with Crippen LogP contribution in [-0.4, -0.2) is 0 Å². The maximum atomic E-state index is 6.22. The zero-order chi connectivity index (χ0) is 16.3. The molecule has 1 N–H and O–H groups in total. The maximum absolute atomic E-state index is 6.22. The second kappa shape index (κ2) is 4.81. The van der Waals surface area contributed by atoms with Crippen LogP contribution in [0.4, 0.5) is 11.4 Å². The third-order valence-electron chi connectivity index (χ3n) is 4.91. The van der Waals surface area contributed by atoms with Gasteiger partial charge in [-0.3, -0.25) is 0 Å². The Labute approximate surface area is 145 Å². The van der Waals surface area contributed by atoms with Crippen molar-refractivity contribution >= 4 is 23.1 Å². The van der Waals surface area contributed by atoms with Gasteiger partial charge in [-0.2, -0.15) is 0 Å². The molecule has 0 bridgehead atoms. The van der Waals surface area contributed by atoms with Crippen LogP contribution in [0.2, 0.25) is 0 Å². The van der Waals surface area contributed by atoms with E-state index in [0.29, 0.717) is 0 Å². The first kappa shape index (κ1) is 14.0. The van der Waals surface area contributed by atoms with Gasteiger partial charge in [0, 0.05) is 32.4 Å². The van der Waals surface area contributed by atoms with Crippen LogP contribution < -0.4 is 10.1 Å². The summed E-state index contributed by atoms with van der Waals surface area (Å²) in [6.45, 7) is 4.54. The van der Waals surface area contributed by atoms with Crippen molar-refractivity contribution in [3.63, 3.8) is 0 Å². The fourth-order valence-corrected chi connectivity index (χ4v) is 4.58. The van der Waals surface area contributed by atoms with Crippen molar-refractivity contribution in [2.24, 2.45) is 0 Å². The van der Waals surface area contributed by atoms with Gasteiger partial charge < -0.3 is 10.1 Å². The Morgan fingerprint density at radius 3 is 2.50 bits per heavy atom. The largest absolute Gasteiger partial charge is 0.457 e. The molecule has 2 nitrogen and oxygen atoms in total. The van der Waals surface area contributed by atoms with E-state index in [4.69, 9.17) is 4.74 Å². The minimum atomic E-state index is -0.0727. The molecule has 0 saturated carbocycles. The second-order valence-electron chi connectivity index (χ2n) is 6.79. The predicted molar refractivity (Wildman–Crippen MR) is 98.9 cm³/mol. The molecule has 0 aromatic heterocycles. The highest BCUT2D eigenvalue weighted by atomic mass is 32.2. The fraction of sp³-hybridized carbons (Fsp3) is 0.143. The number of hydrogen-bond donors (Lipinski definition) is 1. The van der Waals surface area contributed by atoms with Gasteiger partial charge in [0.1, 0.15) is 11.5 Å². The molecule has 2 aliphatic heterocycles. The van der Waals surface area contributed by atoms with E-state index in [0.717, 1.165) is 22.9 Å². The third-order valence-corrected chi connectivity index (χ3v) is 6.05. The number of fused-ring (bicyclic) bond motifs is 4. The van der Waals surface area contributed by atoms with Crippen LogP contribution in [0.25, 0.3) is 0 Å². The molecular formula is C21H17NOS. The number of nitrogens with one attached hydrogen (secondary N) is 1. The molecule has 3 aromatic rings. The van der Waals surface area contributed by atoms with Crippen LogP contribution in [0.1, 0.15) is 25.0 Å². The molecule has 0 amide bonds. The smallest absolute Gasteiger partial charge is 0.133 e. The van der Waals surface area contributed by atoms with Crippen molar-refractivity contribution in [2.75, 3.05) is 5.32 Å². The van der Waals surface area contributed by atoms with Gasteiger partial charge >= 0.3 is 0 Å². The van der Waals surface area contributed by atoms with Gasteiger partial charge in [-0.05, 0) is 24.3 Å². The molecule has 0 radical (unpaired) electrons. The van der Waals surface area contributed by atoms with Crippen molar-refractivity contribution in [1.82, 2.24) is 0 Å². The lowest BCUT2D eigenvalue weighted by atomic mass is 9.76. The molecule has 0 unspecified atom stereocenters. The van der Waals surface area contributed by atoms with Crippen LogP contribution in [0, 0.1) is 0 Å². The molecule has 3 heteroatoms. The van der Waals surface area contributed by atoms with Crippen molar-refractivity contribution in [2.45, 2.75) is 29.1 Å². The van der Waals surface area contributed by atoms with E-state index in [1.807, 2.05) is 17.8 Å². The quantitative estimate of drug-likeness (QED) is 0.407. The Morgan fingerprint density at radius 1 is 0.792 bits per heavy atom.